The molecule has 0 radical (unpaired) electrons. The molecule has 0 fully saturated rings. The first-order chi connectivity index (χ1) is 14.2. The predicted molar refractivity (Wildman–Crippen MR) is 107 cm³/mol. The number of carbonyl (C=O) groups is 1. The predicted octanol–water partition coefficient (Wildman–Crippen LogP) is 3.60. The van der Waals surface area contributed by atoms with Crippen LogP contribution in [0.4, 0.5) is 5.82 Å². The fraction of sp³-hybridized carbons (Fsp3) is 0.150. The molecule has 0 aliphatic heterocycles. The normalized spacial score (nSPS) is 10.8. The highest BCUT2D eigenvalue weighted by Gasteiger charge is 2.12. The van der Waals surface area contributed by atoms with Gasteiger partial charge in [-0.2, -0.15) is 10.1 Å². The molecule has 1 aromatic carbocycles. The molecule has 29 heavy (non-hydrogen) atoms. The summed E-state index contributed by atoms with van der Waals surface area (Å²) in [6.07, 6.45) is 5.52. The number of aryl methyl sites for hydroxylation is 1. The van der Waals surface area contributed by atoms with E-state index in [2.05, 4.69) is 25.5 Å². The second-order valence-corrected chi connectivity index (χ2v) is 6.73. The molecular weight excluding hydrogens is 392 g/mol. The molecule has 0 bridgehead atoms. The summed E-state index contributed by atoms with van der Waals surface area (Å²) in [6.45, 7) is 0.527. The minimum atomic E-state index is -0.161. The summed E-state index contributed by atoms with van der Waals surface area (Å²) in [6, 6.07) is 12.8. The molecule has 146 valence electrons. The van der Waals surface area contributed by atoms with Gasteiger partial charge < -0.3 is 9.84 Å². The van der Waals surface area contributed by atoms with Crippen molar-refractivity contribution < 1.29 is 9.32 Å². The highest BCUT2D eigenvalue weighted by atomic mass is 35.5. The van der Waals surface area contributed by atoms with Crippen molar-refractivity contribution in [2.45, 2.75) is 19.4 Å². The summed E-state index contributed by atoms with van der Waals surface area (Å²) < 4.78 is 6.94. The Hall–Kier alpha value is -3.52. The zero-order chi connectivity index (χ0) is 20.1. The summed E-state index contributed by atoms with van der Waals surface area (Å²) in [5.41, 5.74) is 1.84. The molecule has 0 aliphatic rings. The van der Waals surface area contributed by atoms with Crippen LogP contribution in [0, 0.1) is 0 Å². The van der Waals surface area contributed by atoms with Crippen molar-refractivity contribution in [3.05, 3.63) is 77.5 Å². The van der Waals surface area contributed by atoms with Crippen LogP contribution in [0.5, 0.6) is 0 Å². The van der Waals surface area contributed by atoms with E-state index in [-0.39, 0.29) is 12.3 Å². The molecule has 8 nitrogen and oxygen atoms in total. The van der Waals surface area contributed by atoms with Crippen LogP contribution in [0.1, 0.15) is 17.9 Å². The lowest BCUT2D eigenvalue weighted by Crippen LogP contribution is -2.16. The summed E-state index contributed by atoms with van der Waals surface area (Å²) in [5.74, 6) is 1.34. The SMILES string of the molecule is O=C(CCc1nc(-c2ccncc2)no1)Nc1ccnn1Cc1ccc(Cl)cc1. The third-order valence-corrected chi connectivity index (χ3v) is 4.45. The highest BCUT2D eigenvalue weighted by Crippen LogP contribution is 2.16. The van der Waals surface area contributed by atoms with Gasteiger partial charge in [-0.3, -0.25) is 9.78 Å². The van der Waals surface area contributed by atoms with Crippen molar-refractivity contribution in [2.24, 2.45) is 0 Å². The van der Waals surface area contributed by atoms with E-state index < -0.39 is 0 Å². The quantitative estimate of drug-likeness (QED) is 0.501. The van der Waals surface area contributed by atoms with Crippen LogP contribution in [0.25, 0.3) is 11.4 Å². The second-order valence-electron chi connectivity index (χ2n) is 6.30. The van der Waals surface area contributed by atoms with Crippen molar-refractivity contribution in [3.63, 3.8) is 0 Å². The molecule has 9 heteroatoms. The molecule has 3 heterocycles. The van der Waals surface area contributed by atoms with Gasteiger partial charge in [0.2, 0.25) is 17.6 Å². The Morgan fingerprint density at radius 2 is 1.86 bits per heavy atom. The first kappa shape index (κ1) is 18.8. The van der Waals surface area contributed by atoms with Crippen molar-refractivity contribution >= 4 is 23.3 Å². The molecule has 4 aromatic rings. The number of halogens is 1. The molecule has 0 saturated carbocycles. The maximum Gasteiger partial charge on any atom is 0.227 e. The Morgan fingerprint density at radius 1 is 1.07 bits per heavy atom. The Labute approximate surface area is 171 Å². The Kier molecular flexibility index (Phi) is 5.62. The van der Waals surface area contributed by atoms with Gasteiger partial charge in [-0.1, -0.05) is 28.9 Å². The van der Waals surface area contributed by atoms with Crippen LogP contribution in [0.2, 0.25) is 5.02 Å². The third kappa shape index (κ3) is 4.85. The number of hydrogen-bond donors (Lipinski definition) is 1. The van der Waals surface area contributed by atoms with E-state index in [0.29, 0.717) is 35.5 Å². The van der Waals surface area contributed by atoms with Crippen LogP contribution >= 0.6 is 11.6 Å². The van der Waals surface area contributed by atoms with Gasteiger partial charge in [0.05, 0.1) is 12.7 Å². The zero-order valence-corrected chi connectivity index (χ0v) is 16.1. The molecular formula is C20H17ClN6O2. The monoisotopic (exact) mass is 408 g/mol. The van der Waals surface area contributed by atoms with Gasteiger partial charge in [0.25, 0.3) is 0 Å². The maximum atomic E-state index is 12.3. The molecule has 0 unspecified atom stereocenters. The van der Waals surface area contributed by atoms with Crippen LogP contribution in [0.3, 0.4) is 0 Å². The lowest BCUT2D eigenvalue weighted by atomic mass is 10.2. The minimum Gasteiger partial charge on any atom is -0.339 e. The van der Waals surface area contributed by atoms with Gasteiger partial charge in [0.1, 0.15) is 5.82 Å². The Bertz CT molecular complexity index is 1090. The van der Waals surface area contributed by atoms with E-state index in [9.17, 15) is 4.79 Å². The molecule has 0 saturated heterocycles. The number of nitrogens with zero attached hydrogens (tertiary/aromatic N) is 5. The standard InChI is InChI=1S/C20H17ClN6O2/c21-16-3-1-14(2-4-16)13-27-17(9-12-23-27)24-18(28)5-6-19-25-20(26-29-19)15-7-10-22-11-8-15/h1-4,7-12H,5-6,13H2,(H,24,28). The topological polar surface area (TPSA) is 98.7 Å². The summed E-state index contributed by atoms with van der Waals surface area (Å²) in [7, 11) is 0. The summed E-state index contributed by atoms with van der Waals surface area (Å²) in [5, 5.41) is 11.7. The summed E-state index contributed by atoms with van der Waals surface area (Å²) in [4.78, 5) is 20.6. The van der Waals surface area contributed by atoms with Crippen LogP contribution in [-0.2, 0) is 17.8 Å². The number of pyridine rings is 1. The van der Waals surface area contributed by atoms with Crippen LogP contribution in [0.15, 0.2) is 65.6 Å². The van der Waals surface area contributed by atoms with Gasteiger partial charge in [0.15, 0.2) is 0 Å². The molecule has 1 amide bonds. The highest BCUT2D eigenvalue weighted by molar-refractivity contribution is 6.30. The van der Waals surface area contributed by atoms with E-state index in [0.717, 1.165) is 11.1 Å². The lowest BCUT2D eigenvalue weighted by molar-refractivity contribution is -0.116. The first-order valence-electron chi connectivity index (χ1n) is 8.96. The number of amides is 1. The first-order valence-corrected chi connectivity index (χ1v) is 9.34. The van der Waals surface area contributed by atoms with Crippen molar-refractivity contribution in [2.75, 3.05) is 5.32 Å². The number of aromatic nitrogens is 5. The Balaban J connectivity index is 1.33. The van der Waals surface area contributed by atoms with E-state index in [4.69, 9.17) is 16.1 Å². The van der Waals surface area contributed by atoms with E-state index in [1.54, 1.807) is 41.5 Å². The molecule has 0 aliphatic carbocycles. The van der Waals surface area contributed by atoms with E-state index in [1.807, 2.05) is 24.3 Å². The van der Waals surface area contributed by atoms with Gasteiger partial charge >= 0.3 is 0 Å². The Morgan fingerprint density at radius 3 is 2.66 bits per heavy atom. The number of nitrogens with one attached hydrogen (secondary N) is 1. The number of anilines is 1. The number of hydrogen-bond acceptors (Lipinski definition) is 6. The van der Waals surface area contributed by atoms with E-state index in [1.165, 1.54) is 0 Å². The van der Waals surface area contributed by atoms with Crippen LogP contribution in [-0.4, -0.2) is 30.8 Å². The smallest absolute Gasteiger partial charge is 0.227 e. The number of benzene rings is 1. The van der Waals surface area contributed by atoms with Gasteiger partial charge in [-0.15, -0.1) is 0 Å². The largest absolute Gasteiger partial charge is 0.339 e. The maximum absolute atomic E-state index is 12.3. The molecule has 0 atom stereocenters. The molecule has 1 N–H and O–H groups in total. The van der Waals surface area contributed by atoms with Crippen molar-refractivity contribution in [1.29, 1.82) is 0 Å². The fourth-order valence-electron chi connectivity index (χ4n) is 2.73. The average Bonchev–Trinajstić information content (AvgIpc) is 3.39. The van der Waals surface area contributed by atoms with Crippen molar-refractivity contribution in [3.8, 4) is 11.4 Å². The van der Waals surface area contributed by atoms with Gasteiger partial charge in [-0.25, -0.2) is 4.68 Å². The summed E-state index contributed by atoms with van der Waals surface area (Å²) >= 11 is 5.92. The van der Waals surface area contributed by atoms with Crippen molar-refractivity contribution in [1.82, 2.24) is 24.9 Å². The van der Waals surface area contributed by atoms with Crippen LogP contribution < -0.4 is 5.32 Å². The van der Waals surface area contributed by atoms with Gasteiger partial charge in [-0.05, 0) is 29.8 Å². The average molecular weight is 409 g/mol. The van der Waals surface area contributed by atoms with Gasteiger partial charge in [0, 0.05) is 41.9 Å². The number of carbonyl (C=O) groups excluding carboxylic acids is 1. The third-order valence-electron chi connectivity index (χ3n) is 4.20. The lowest BCUT2D eigenvalue weighted by Gasteiger charge is -2.09. The molecule has 3 aromatic heterocycles. The molecule has 4 rings (SSSR count). The minimum absolute atomic E-state index is 0.161. The fourth-order valence-corrected chi connectivity index (χ4v) is 2.85. The van der Waals surface area contributed by atoms with E-state index >= 15 is 0 Å². The zero-order valence-electron chi connectivity index (χ0n) is 15.3. The molecule has 0 spiro atoms. The number of rotatable bonds is 7. The second kappa shape index (κ2) is 8.66.